The molecule has 0 aliphatic carbocycles. The lowest BCUT2D eigenvalue weighted by Gasteiger charge is -2.29. The minimum absolute atomic E-state index is 0.117. The van der Waals surface area contributed by atoms with Crippen molar-refractivity contribution in [2.45, 2.75) is 13.0 Å². The largest absolute Gasteiger partial charge is 0.497 e. The third-order valence-corrected chi connectivity index (χ3v) is 5.98. The van der Waals surface area contributed by atoms with Crippen molar-refractivity contribution >= 4 is 23.5 Å². The molecular formula is C26H22ClNO4. The van der Waals surface area contributed by atoms with Crippen LogP contribution in [0.15, 0.2) is 66.4 Å². The van der Waals surface area contributed by atoms with Gasteiger partial charge < -0.3 is 14.2 Å². The van der Waals surface area contributed by atoms with Gasteiger partial charge in [-0.2, -0.15) is 0 Å². The van der Waals surface area contributed by atoms with Crippen LogP contribution in [0.25, 0.3) is 6.08 Å². The van der Waals surface area contributed by atoms with E-state index in [1.165, 1.54) is 5.56 Å². The number of ether oxygens (including phenoxy) is 3. The van der Waals surface area contributed by atoms with Gasteiger partial charge in [-0.1, -0.05) is 35.9 Å². The number of hydrogen-bond acceptors (Lipinski definition) is 5. The van der Waals surface area contributed by atoms with E-state index in [2.05, 4.69) is 17.0 Å². The molecule has 0 radical (unpaired) electrons. The number of fused-ring (bicyclic) bond motifs is 3. The lowest BCUT2D eigenvalue weighted by atomic mass is 10.0. The molecule has 0 amide bonds. The Bertz CT molecular complexity index is 1190. The van der Waals surface area contributed by atoms with E-state index in [9.17, 15) is 4.79 Å². The number of ketones is 1. The summed E-state index contributed by atoms with van der Waals surface area (Å²) in [6.07, 6.45) is 2.63. The molecule has 5 rings (SSSR count). The fourth-order valence-corrected chi connectivity index (χ4v) is 4.06. The third-order valence-electron chi connectivity index (χ3n) is 5.73. The van der Waals surface area contributed by atoms with E-state index in [1.807, 2.05) is 30.3 Å². The number of halogens is 1. The molecule has 0 unspecified atom stereocenters. The van der Waals surface area contributed by atoms with E-state index in [4.69, 9.17) is 25.8 Å². The molecule has 6 heteroatoms. The maximum Gasteiger partial charge on any atom is 0.231 e. The highest BCUT2D eigenvalue weighted by molar-refractivity contribution is 6.30. The van der Waals surface area contributed by atoms with Crippen LogP contribution in [0.1, 0.15) is 27.0 Å². The minimum atomic E-state index is -0.117. The van der Waals surface area contributed by atoms with Crippen molar-refractivity contribution in [1.29, 1.82) is 0 Å². The quantitative estimate of drug-likeness (QED) is 0.493. The van der Waals surface area contributed by atoms with Crippen LogP contribution >= 0.6 is 11.6 Å². The number of methoxy groups -OCH3 is 1. The molecule has 3 aromatic carbocycles. The van der Waals surface area contributed by atoms with Gasteiger partial charge in [0.2, 0.25) is 5.78 Å². The Kier molecular flexibility index (Phi) is 5.60. The average molecular weight is 448 g/mol. The standard InChI is InChI=1S/C26H22ClNO4/c1-30-20-8-4-17(5-9-20)12-13-28-15-22-23(31-16-28)11-10-21-25(29)24(32-26(21)22)14-18-2-6-19(27)7-3-18/h2-11,14H,12-13,15-16H2,1H3/b24-14-. The average Bonchev–Trinajstić information content (AvgIpc) is 3.15. The van der Waals surface area contributed by atoms with Crippen LogP contribution in [0.2, 0.25) is 5.02 Å². The number of Topliss-reactive ketones (excluding diaryl/α,β-unsaturated/α-hetero) is 1. The zero-order valence-corrected chi connectivity index (χ0v) is 18.4. The van der Waals surface area contributed by atoms with Crippen molar-refractivity contribution in [3.8, 4) is 17.2 Å². The van der Waals surface area contributed by atoms with Crippen molar-refractivity contribution < 1.29 is 19.0 Å². The lowest BCUT2D eigenvalue weighted by Crippen LogP contribution is -2.33. The highest BCUT2D eigenvalue weighted by Gasteiger charge is 2.33. The minimum Gasteiger partial charge on any atom is -0.497 e. The van der Waals surface area contributed by atoms with Gasteiger partial charge in [-0.3, -0.25) is 9.69 Å². The predicted molar refractivity (Wildman–Crippen MR) is 123 cm³/mol. The van der Waals surface area contributed by atoms with Gasteiger partial charge in [-0.05, 0) is 60.0 Å². The molecule has 0 bridgehead atoms. The maximum absolute atomic E-state index is 12.9. The molecular weight excluding hydrogens is 426 g/mol. The molecule has 5 nitrogen and oxygen atoms in total. The molecule has 0 saturated heterocycles. The highest BCUT2D eigenvalue weighted by Crippen LogP contribution is 2.42. The van der Waals surface area contributed by atoms with Crippen molar-refractivity contribution in [1.82, 2.24) is 4.90 Å². The van der Waals surface area contributed by atoms with Crippen LogP contribution in [-0.2, 0) is 13.0 Å². The van der Waals surface area contributed by atoms with E-state index in [0.29, 0.717) is 35.4 Å². The first-order valence-electron chi connectivity index (χ1n) is 10.4. The molecule has 0 atom stereocenters. The molecule has 2 aliphatic heterocycles. The Hall–Kier alpha value is -3.28. The Morgan fingerprint density at radius 1 is 1.06 bits per heavy atom. The van der Waals surface area contributed by atoms with Gasteiger partial charge in [-0.15, -0.1) is 0 Å². The summed E-state index contributed by atoms with van der Waals surface area (Å²) in [5.41, 5.74) is 3.58. The van der Waals surface area contributed by atoms with Crippen molar-refractivity contribution in [3.63, 3.8) is 0 Å². The lowest BCUT2D eigenvalue weighted by molar-refractivity contribution is 0.0949. The molecule has 0 fully saturated rings. The summed E-state index contributed by atoms with van der Waals surface area (Å²) in [4.78, 5) is 15.1. The maximum atomic E-state index is 12.9. The van der Waals surface area contributed by atoms with Crippen LogP contribution in [0.5, 0.6) is 17.2 Å². The molecule has 3 aromatic rings. The van der Waals surface area contributed by atoms with Crippen LogP contribution < -0.4 is 14.2 Å². The number of carbonyl (C=O) groups is 1. The van der Waals surface area contributed by atoms with Gasteiger partial charge in [0.1, 0.15) is 24.0 Å². The molecule has 0 spiro atoms. The molecule has 32 heavy (non-hydrogen) atoms. The summed E-state index contributed by atoms with van der Waals surface area (Å²) < 4.78 is 17.2. The first-order chi connectivity index (χ1) is 15.6. The van der Waals surface area contributed by atoms with Crippen LogP contribution in [0.4, 0.5) is 0 Å². The zero-order chi connectivity index (χ0) is 22.1. The fourth-order valence-electron chi connectivity index (χ4n) is 3.94. The summed E-state index contributed by atoms with van der Waals surface area (Å²) >= 11 is 5.96. The first kappa shape index (κ1) is 20.6. The van der Waals surface area contributed by atoms with Crippen molar-refractivity contribution in [3.05, 3.63) is 93.7 Å². The SMILES string of the molecule is COc1ccc(CCN2COc3ccc4c(c3C2)O/C(=C\c2ccc(Cl)cc2)C4=O)cc1. The Labute approximate surface area is 191 Å². The molecule has 162 valence electrons. The van der Waals surface area contributed by atoms with Gasteiger partial charge in [0, 0.05) is 18.1 Å². The number of rotatable bonds is 5. The molecule has 0 N–H and O–H groups in total. The van der Waals surface area contributed by atoms with Crippen LogP contribution in [0, 0.1) is 0 Å². The smallest absolute Gasteiger partial charge is 0.231 e. The topological polar surface area (TPSA) is 48.0 Å². The van der Waals surface area contributed by atoms with Gasteiger partial charge in [-0.25, -0.2) is 0 Å². The summed E-state index contributed by atoms with van der Waals surface area (Å²) in [6, 6.07) is 19.0. The van der Waals surface area contributed by atoms with E-state index in [1.54, 1.807) is 31.4 Å². The predicted octanol–water partition coefficient (Wildman–Crippen LogP) is 5.36. The Morgan fingerprint density at radius 2 is 1.84 bits per heavy atom. The first-order valence-corrected chi connectivity index (χ1v) is 10.8. The molecule has 2 heterocycles. The molecule has 0 saturated carbocycles. The second-order valence-corrected chi connectivity index (χ2v) is 8.27. The van der Waals surface area contributed by atoms with Gasteiger partial charge in [0.25, 0.3) is 0 Å². The summed E-state index contributed by atoms with van der Waals surface area (Å²) in [7, 11) is 1.67. The van der Waals surface area contributed by atoms with Crippen molar-refractivity contribution in [2.24, 2.45) is 0 Å². The van der Waals surface area contributed by atoms with E-state index < -0.39 is 0 Å². The van der Waals surface area contributed by atoms with E-state index in [-0.39, 0.29) is 5.78 Å². The number of allylic oxidation sites excluding steroid dienone is 1. The van der Waals surface area contributed by atoms with Gasteiger partial charge in [0.15, 0.2) is 5.76 Å². The summed E-state index contributed by atoms with van der Waals surface area (Å²) in [6.45, 7) is 2.00. The zero-order valence-electron chi connectivity index (χ0n) is 17.6. The summed E-state index contributed by atoms with van der Waals surface area (Å²) in [5.74, 6) is 2.41. The van der Waals surface area contributed by atoms with Gasteiger partial charge in [0.05, 0.1) is 18.2 Å². The Morgan fingerprint density at radius 3 is 2.59 bits per heavy atom. The van der Waals surface area contributed by atoms with Crippen molar-refractivity contribution in [2.75, 3.05) is 20.4 Å². The number of carbonyl (C=O) groups excluding carboxylic acids is 1. The summed E-state index contributed by atoms with van der Waals surface area (Å²) in [5, 5.41) is 0.648. The number of nitrogens with zero attached hydrogens (tertiary/aromatic N) is 1. The van der Waals surface area contributed by atoms with Gasteiger partial charge >= 0.3 is 0 Å². The second-order valence-electron chi connectivity index (χ2n) is 7.83. The normalized spacial score (nSPS) is 16.3. The Balaban J connectivity index is 1.33. The fraction of sp³-hybridized carbons (Fsp3) is 0.192. The van der Waals surface area contributed by atoms with E-state index in [0.717, 1.165) is 35.6 Å². The highest BCUT2D eigenvalue weighted by atomic mass is 35.5. The molecule has 0 aromatic heterocycles. The molecule has 2 aliphatic rings. The van der Waals surface area contributed by atoms with Crippen LogP contribution in [-0.4, -0.2) is 31.1 Å². The number of hydrogen-bond donors (Lipinski definition) is 0. The second kappa shape index (κ2) is 8.69. The van der Waals surface area contributed by atoms with E-state index >= 15 is 0 Å². The van der Waals surface area contributed by atoms with Crippen LogP contribution in [0.3, 0.4) is 0 Å². The monoisotopic (exact) mass is 447 g/mol. The third kappa shape index (κ3) is 4.09. The number of benzene rings is 3.